The van der Waals surface area contributed by atoms with Gasteiger partial charge in [0.15, 0.2) is 0 Å². The van der Waals surface area contributed by atoms with Crippen LogP contribution in [0.2, 0.25) is 0 Å². The van der Waals surface area contributed by atoms with E-state index in [9.17, 15) is 9.59 Å². The Morgan fingerprint density at radius 3 is 2.71 bits per heavy atom. The maximum absolute atomic E-state index is 11.3. The van der Waals surface area contributed by atoms with Gasteiger partial charge in [-0.25, -0.2) is 4.79 Å². The first-order valence-electron chi connectivity index (χ1n) is 4.60. The fourth-order valence-corrected chi connectivity index (χ4v) is 1.09. The summed E-state index contributed by atoms with van der Waals surface area (Å²) in [6.07, 6.45) is 2.27. The minimum Gasteiger partial charge on any atom is -0.393 e. The van der Waals surface area contributed by atoms with Gasteiger partial charge in [-0.05, 0) is 12.3 Å². The molecule has 1 rings (SSSR count). The number of nitrogens with zero attached hydrogens (tertiary/aromatic N) is 1. The first-order valence-corrected chi connectivity index (χ1v) is 4.60. The van der Waals surface area contributed by atoms with Crippen LogP contribution in [0.3, 0.4) is 0 Å². The lowest BCUT2D eigenvalue weighted by Crippen LogP contribution is -2.31. The van der Waals surface area contributed by atoms with Crippen LogP contribution < -0.4 is 17.0 Å². The normalized spacial score (nSPS) is 10.8. The van der Waals surface area contributed by atoms with Crippen LogP contribution in [0.25, 0.3) is 0 Å². The number of H-pyrrole nitrogens is 1. The number of hydrogen-bond donors (Lipinski definition) is 2. The molecular formula is C9H15N3O2. The van der Waals surface area contributed by atoms with E-state index in [-0.39, 0.29) is 5.69 Å². The molecule has 14 heavy (non-hydrogen) atoms. The zero-order valence-corrected chi connectivity index (χ0v) is 8.41. The standard InChI is InChI=1S/C9H15N3O2/c1-6(2)3-4-12-5-7(10)8(13)11-9(12)14/h5-6H,3-4,10H2,1-2H3,(H,11,13,14). The number of aromatic nitrogens is 2. The molecular weight excluding hydrogens is 182 g/mol. The van der Waals surface area contributed by atoms with Crippen LogP contribution >= 0.6 is 0 Å². The van der Waals surface area contributed by atoms with Crippen LogP contribution in [0.1, 0.15) is 20.3 Å². The van der Waals surface area contributed by atoms with Gasteiger partial charge < -0.3 is 5.73 Å². The first kappa shape index (κ1) is 10.6. The van der Waals surface area contributed by atoms with Crippen LogP contribution in [0, 0.1) is 5.92 Å². The molecule has 0 bridgehead atoms. The van der Waals surface area contributed by atoms with Gasteiger partial charge in [0.05, 0.1) is 0 Å². The van der Waals surface area contributed by atoms with Gasteiger partial charge in [0.1, 0.15) is 5.69 Å². The number of nitrogens with one attached hydrogen (secondary N) is 1. The summed E-state index contributed by atoms with van der Waals surface area (Å²) in [5.74, 6) is 0.509. The van der Waals surface area contributed by atoms with E-state index in [4.69, 9.17) is 5.73 Å². The van der Waals surface area contributed by atoms with Gasteiger partial charge in [-0.1, -0.05) is 13.8 Å². The third-order valence-corrected chi connectivity index (χ3v) is 1.99. The molecule has 0 aliphatic carbocycles. The van der Waals surface area contributed by atoms with Crippen LogP contribution in [0.5, 0.6) is 0 Å². The Kier molecular flexibility index (Phi) is 3.11. The highest BCUT2D eigenvalue weighted by Gasteiger charge is 2.01. The summed E-state index contributed by atoms with van der Waals surface area (Å²) in [6, 6.07) is 0. The number of rotatable bonds is 3. The van der Waals surface area contributed by atoms with E-state index in [0.29, 0.717) is 12.5 Å². The lowest BCUT2D eigenvalue weighted by atomic mass is 10.1. The first-order chi connectivity index (χ1) is 6.50. The summed E-state index contributed by atoms with van der Waals surface area (Å²) in [6.45, 7) is 4.72. The minimum atomic E-state index is -0.518. The highest BCUT2D eigenvalue weighted by Crippen LogP contribution is 2.00. The number of nitrogen functional groups attached to an aromatic ring is 1. The molecule has 0 fully saturated rings. The van der Waals surface area contributed by atoms with Crippen molar-refractivity contribution in [1.82, 2.24) is 9.55 Å². The molecule has 1 aromatic rings. The zero-order valence-electron chi connectivity index (χ0n) is 8.41. The van der Waals surface area contributed by atoms with E-state index in [1.54, 1.807) is 0 Å². The SMILES string of the molecule is CC(C)CCn1cc(N)c(=O)[nH]c1=O. The molecule has 0 spiro atoms. The summed E-state index contributed by atoms with van der Waals surface area (Å²) in [5.41, 5.74) is 4.55. The topological polar surface area (TPSA) is 80.9 Å². The summed E-state index contributed by atoms with van der Waals surface area (Å²) in [5, 5.41) is 0. The number of aromatic amines is 1. The Labute approximate surface area is 81.6 Å². The molecule has 0 unspecified atom stereocenters. The Balaban J connectivity index is 2.93. The second-order valence-corrected chi connectivity index (χ2v) is 3.72. The van der Waals surface area contributed by atoms with Gasteiger partial charge in [-0.15, -0.1) is 0 Å². The van der Waals surface area contributed by atoms with E-state index in [2.05, 4.69) is 18.8 Å². The van der Waals surface area contributed by atoms with Gasteiger partial charge in [0.2, 0.25) is 0 Å². The Bertz CT molecular complexity index is 417. The van der Waals surface area contributed by atoms with Crippen molar-refractivity contribution < 1.29 is 0 Å². The van der Waals surface area contributed by atoms with Crippen molar-refractivity contribution in [3.8, 4) is 0 Å². The van der Waals surface area contributed by atoms with Crippen molar-refractivity contribution in [3.05, 3.63) is 27.0 Å². The number of aryl methyl sites for hydroxylation is 1. The zero-order chi connectivity index (χ0) is 10.7. The maximum Gasteiger partial charge on any atom is 0.328 e. The van der Waals surface area contributed by atoms with Gasteiger partial charge >= 0.3 is 5.69 Å². The molecule has 0 radical (unpaired) electrons. The lowest BCUT2D eigenvalue weighted by Gasteiger charge is -2.07. The molecule has 0 aliphatic heterocycles. The molecule has 0 atom stereocenters. The van der Waals surface area contributed by atoms with E-state index in [1.165, 1.54) is 10.8 Å². The molecule has 1 aromatic heterocycles. The highest BCUT2D eigenvalue weighted by molar-refractivity contribution is 5.30. The molecule has 0 aliphatic rings. The molecule has 5 nitrogen and oxygen atoms in total. The number of nitrogens with two attached hydrogens (primary N) is 1. The van der Waals surface area contributed by atoms with Gasteiger partial charge in [0, 0.05) is 12.7 Å². The minimum absolute atomic E-state index is 0.0772. The predicted molar refractivity (Wildman–Crippen MR) is 55.2 cm³/mol. The molecule has 78 valence electrons. The predicted octanol–water partition coefficient (Wildman–Crippen LogP) is 0.165. The smallest absolute Gasteiger partial charge is 0.328 e. The summed E-state index contributed by atoms with van der Waals surface area (Å²) >= 11 is 0. The maximum atomic E-state index is 11.3. The van der Waals surface area contributed by atoms with E-state index in [1.807, 2.05) is 0 Å². The Morgan fingerprint density at radius 2 is 2.14 bits per heavy atom. The molecule has 0 saturated heterocycles. The second kappa shape index (κ2) is 4.13. The number of hydrogen-bond acceptors (Lipinski definition) is 3. The average Bonchev–Trinajstić information content (AvgIpc) is 2.09. The van der Waals surface area contributed by atoms with Gasteiger partial charge in [-0.3, -0.25) is 14.3 Å². The van der Waals surface area contributed by atoms with Crippen molar-refractivity contribution in [2.24, 2.45) is 5.92 Å². The van der Waals surface area contributed by atoms with Gasteiger partial charge in [-0.2, -0.15) is 0 Å². The fraction of sp³-hybridized carbons (Fsp3) is 0.556. The van der Waals surface area contributed by atoms with Crippen LogP contribution in [-0.2, 0) is 6.54 Å². The average molecular weight is 197 g/mol. The summed E-state index contributed by atoms with van der Waals surface area (Å²) in [4.78, 5) is 24.4. The van der Waals surface area contributed by atoms with Crippen molar-refractivity contribution in [3.63, 3.8) is 0 Å². The molecule has 0 saturated carbocycles. The number of anilines is 1. The molecule has 5 heteroatoms. The van der Waals surface area contributed by atoms with Crippen LogP contribution in [-0.4, -0.2) is 9.55 Å². The molecule has 0 amide bonds. The van der Waals surface area contributed by atoms with Crippen LogP contribution in [0.15, 0.2) is 15.8 Å². The Morgan fingerprint density at radius 1 is 1.50 bits per heavy atom. The van der Waals surface area contributed by atoms with E-state index in [0.717, 1.165) is 6.42 Å². The highest BCUT2D eigenvalue weighted by atomic mass is 16.2. The van der Waals surface area contributed by atoms with Crippen molar-refractivity contribution in [2.45, 2.75) is 26.8 Å². The van der Waals surface area contributed by atoms with Crippen molar-refractivity contribution >= 4 is 5.69 Å². The monoisotopic (exact) mass is 197 g/mol. The molecule has 3 N–H and O–H groups in total. The van der Waals surface area contributed by atoms with E-state index < -0.39 is 11.2 Å². The van der Waals surface area contributed by atoms with Crippen molar-refractivity contribution in [2.75, 3.05) is 5.73 Å². The molecule has 0 aromatic carbocycles. The van der Waals surface area contributed by atoms with Crippen LogP contribution in [0.4, 0.5) is 5.69 Å². The second-order valence-electron chi connectivity index (χ2n) is 3.72. The quantitative estimate of drug-likeness (QED) is 0.724. The van der Waals surface area contributed by atoms with E-state index >= 15 is 0 Å². The van der Waals surface area contributed by atoms with Crippen molar-refractivity contribution in [1.29, 1.82) is 0 Å². The molecule has 1 heterocycles. The summed E-state index contributed by atoms with van der Waals surface area (Å²) < 4.78 is 1.43. The fourth-order valence-electron chi connectivity index (χ4n) is 1.09. The third-order valence-electron chi connectivity index (χ3n) is 1.99. The third kappa shape index (κ3) is 2.48. The van der Waals surface area contributed by atoms with Gasteiger partial charge in [0.25, 0.3) is 5.56 Å². The summed E-state index contributed by atoms with van der Waals surface area (Å²) in [7, 11) is 0. The largest absolute Gasteiger partial charge is 0.393 e. The Hall–Kier alpha value is -1.52. The lowest BCUT2D eigenvalue weighted by molar-refractivity contribution is 0.502.